The van der Waals surface area contributed by atoms with E-state index in [0.717, 1.165) is 42.7 Å². The van der Waals surface area contributed by atoms with Crippen molar-refractivity contribution in [3.8, 4) is 11.5 Å². The van der Waals surface area contributed by atoms with E-state index in [4.69, 9.17) is 9.47 Å². The standard InChI is InChI=1S/C20H25N3O3/c1-25-18-10-9-15(19(12-18)26-2)14-23(17-7-3-4-8-17)20(24)22-16-6-5-11-21-13-16/h5-6,9-13,17H,3-4,7-8,14H2,1-2H3,(H,22,24). The number of aromatic nitrogens is 1. The van der Waals surface area contributed by atoms with Crippen molar-refractivity contribution < 1.29 is 14.3 Å². The molecule has 1 aliphatic rings. The summed E-state index contributed by atoms with van der Waals surface area (Å²) in [5.41, 5.74) is 1.66. The third-order valence-corrected chi connectivity index (χ3v) is 4.77. The van der Waals surface area contributed by atoms with Crippen molar-refractivity contribution in [1.29, 1.82) is 0 Å². The van der Waals surface area contributed by atoms with Crippen LogP contribution in [0.3, 0.4) is 0 Å². The first kappa shape index (κ1) is 18.0. The van der Waals surface area contributed by atoms with E-state index in [1.165, 1.54) is 0 Å². The van der Waals surface area contributed by atoms with Crippen LogP contribution in [0.5, 0.6) is 11.5 Å². The average Bonchev–Trinajstić information content (AvgIpc) is 3.21. The maximum Gasteiger partial charge on any atom is 0.322 e. The van der Waals surface area contributed by atoms with E-state index in [9.17, 15) is 4.79 Å². The van der Waals surface area contributed by atoms with Gasteiger partial charge in [0.2, 0.25) is 0 Å². The molecule has 1 fully saturated rings. The minimum Gasteiger partial charge on any atom is -0.497 e. The van der Waals surface area contributed by atoms with Gasteiger partial charge in [0.05, 0.1) is 32.6 Å². The lowest BCUT2D eigenvalue weighted by Crippen LogP contribution is -2.41. The van der Waals surface area contributed by atoms with Crippen molar-refractivity contribution in [2.24, 2.45) is 0 Å². The topological polar surface area (TPSA) is 63.7 Å². The number of nitrogens with one attached hydrogen (secondary N) is 1. The third kappa shape index (κ3) is 4.25. The molecule has 3 rings (SSSR count). The highest BCUT2D eigenvalue weighted by Gasteiger charge is 2.27. The van der Waals surface area contributed by atoms with E-state index in [2.05, 4.69) is 10.3 Å². The van der Waals surface area contributed by atoms with E-state index < -0.39 is 0 Å². The molecule has 26 heavy (non-hydrogen) atoms. The number of hydrogen-bond acceptors (Lipinski definition) is 4. The van der Waals surface area contributed by atoms with E-state index >= 15 is 0 Å². The van der Waals surface area contributed by atoms with Gasteiger partial charge in [-0.15, -0.1) is 0 Å². The highest BCUT2D eigenvalue weighted by atomic mass is 16.5. The van der Waals surface area contributed by atoms with Crippen LogP contribution < -0.4 is 14.8 Å². The van der Waals surface area contributed by atoms with Crippen LogP contribution in [-0.2, 0) is 6.54 Å². The molecule has 1 heterocycles. The fourth-order valence-corrected chi connectivity index (χ4v) is 3.38. The van der Waals surface area contributed by atoms with Crippen LogP contribution in [0.15, 0.2) is 42.7 Å². The number of carbonyl (C=O) groups excluding carboxylic acids is 1. The lowest BCUT2D eigenvalue weighted by molar-refractivity contribution is 0.183. The molecule has 1 N–H and O–H groups in total. The van der Waals surface area contributed by atoms with Gasteiger partial charge in [-0.2, -0.15) is 0 Å². The van der Waals surface area contributed by atoms with Gasteiger partial charge < -0.3 is 19.7 Å². The first-order valence-corrected chi connectivity index (χ1v) is 8.90. The molecule has 0 atom stereocenters. The monoisotopic (exact) mass is 355 g/mol. The lowest BCUT2D eigenvalue weighted by atomic mass is 10.1. The molecular formula is C20H25N3O3. The first-order chi connectivity index (χ1) is 12.7. The van der Waals surface area contributed by atoms with Crippen molar-refractivity contribution in [3.05, 3.63) is 48.3 Å². The van der Waals surface area contributed by atoms with E-state index in [1.54, 1.807) is 26.6 Å². The maximum atomic E-state index is 12.9. The molecule has 138 valence electrons. The smallest absolute Gasteiger partial charge is 0.322 e. The van der Waals surface area contributed by atoms with Crippen LogP contribution in [0.1, 0.15) is 31.2 Å². The van der Waals surface area contributed by atoms with Gasteiger partial charge in [0.15, 0.2) is 0 Å². The number of nitrogens with zero attached hydrogens (tertiary/aromatic N) is 2. The molecule has 0 spiro atoms. The number of ether oxygens (including phenoxy) is 2. The van der Waals surface area contributed by atoms with Crippen LogP contribution in [0.25, 0.3) is 0 Å². The van der Waals surface area contributed by atoms with Crippen molar-refractivity contribution in [1.82, 2.24) is 9.88 Å². The summed E-state index contributed by atoms with van der Waals surface area (Å²) >= 11 is 0. The van der Waals surface area contributed by atoms with Crippen LogP contribution >= 0.6 is 0 Å². The summed E-state index contributed by atoms with van der Waals surface area (Å²) in [5, 5.41) is 2.96. The molecule has 1 aromatic carbocycles. The Kier molecular flexibility index (Phi) is 5.94. The number of carbonyl (C=O) groups is 1. The fraction of sp³-hybridized carbons (Fsp3) is 0.400. The normalized spacial score (nSPS) is 14.1. The zero-order chi connectivity index (χ0) is 18.4. The first-order valence-electron chi connectivity index (χ1n) is 8.90. The molecule has 1 saturated carbocycles. The molecule has 0 aliphatic heterocycles. The number of rotatable bonds is 6. The number of pyridine rings is 1. The molecule has 6 heteroatoms. The quantitative estimate of drug-likeness (QED) is 0.848. The van der Waals surface area contributed by atoms with Crippen molar-refractivity contribution in [3.63, 3.8) is 0 Å². The number of hydrogen-bond donors (Lipinski definition) is 1. The zero-order valence-corrected chi connectivity index (χ0v) is 15.3. The van der Waals surface area contributed by atoms with Gasteiger partial charge in [-0.05, 0) is 37.1 Å². The highest BCUT2D eigenvalue weighted by molar-refractivity contribution is 5.89. The predicted molar refractivity (Wildman–Crippen MR) is 101 cm³/mol. The van der Waals surface area contributed by atoms with Crippen molar-refractivity contribution in [2.75, 3.05) is 19.5 Å². The van der Waals surface area contributed by atoms with Crippen molar-refractivity contribution >= 4 is 11.7 Å². The molecule has 1 aromatic heterocycles. The Balaban J connectivity index is 1.81. The van der Waals surface area contributed by atoms with Crippen LogP contribution in [0.2, 0.25) is 0 Å². The number of benzene rings is 1. The Morgan fingerprint density at radius 1 is 1.23 bits per heavy atom. The maximum absolute atomic E-state index is 12.9. The number of amides is 2. The van der Waals surface area contributed by atoms with Crippen LogP contribution in [0.4, 0.5) is 10.5 Å². The SMILES string of the molecule is COc1ccc(CN(C(=O)Nc2cccnc2)C2CCCC2)c(OC)c1. The Morgan fingerprint density at radius 2 is 2.04 bits per heavy atom. The second kappa shape index (κ2) is 8.56. The van der Waals surface area contributed by atoms with E-state index in [-0.39, 0.29) is 12.1 Å². The Bertz CT molecular complexity index is 730. The van der Waals surface area contributed by atoms with Gasteiger partial charge in [-0.25, -0.2) is 4.79 Å². The highest BCUT2D eigenvalue weighted by Crippen LogP contribution is 2.30. The minimum absolute atomic E-state index is 0.109. The number of urea groups is 1. The summed E-state index contributed by atoms with van der Waals surface area (Å²) in [7, 11) is 3.26. The summed E-state index contributed by atoms with van der Waals surface area (Å²) in [6, 6.07) is 9.47. The molecular weight excluding hydrogens is 330 g/mol. The zero-order valence-electron chi connectivity index (χ0n) is 15.3. The molecule has 0 saturated heterocycles. The molecule has 0 bridgehead atoms. The molecule has 6 nitrogen and oxygen atoms in total. The van der Waals surface area contributed by atoms with Gasteiger partial charge >= 0.3 is 6.03 Å². The van der Waals surface area contributed by atoms with Gasteiger partial charge in [0, 0.05) is 23.9 Å². The Labute approximate surface area is 154 Å². The second-order valence-electron chi connectivity index (χ2n) is 6.42. The molecule has 0 radical (unpaired) electrons. The summed E-state index contributed by atoms with van der Waals surface area (Å²) < 4.78 is 10.8. The van der Waals surface area contributed by atoms with Crippen LogP contribution in [-0.4, -0.2) is 36.2 Å². The lowest BCUT2D eigenvalue weighted by Gasteiger charge is -2.30. The third-order valence-electron chi connectivity index (χ3n) is 4.77. The molecule has 2 amide bonds. The molecule has 1 aliphatic carbocycles. The predicted octanol–water partition coefficient (Wildman–Crippen LogP) is 4.08. The minimum atomic E-state index is -0.109. The number of methoxy groups -OCH3 is 2. The average molecular weight is 355 g/mol. The van der Waals surface area contributed by atoms with Gasteiger partial charge in [-0.1, -0.05) is 12.8 Å². The largest absolute Gasteiger partial charge is 0.497 e. The molecule has 0 unspecified atom stereocenters. The van der Waals surface area contributed by atoms with Gasteiger partial charge in [0.25, 0.3) is 0 Å². The van der Waals surface area contributed by atoms with Crippen molar-refractivity contribution in [2.45, 2.75) is 38.3 Å². The molecule has 2 aromatic rings. The van der Waals surface area contributed by atoms with Gasteiger partial charge in [-0.3, -0.25) is 4.98 Å². The fourth-order valence-electron chi connectivity index (χ4n) is 3.38. The Hall–Kier alpha value is -2.76. The summed E-state index contributed by atoms with van der Waals surface area (Å²) in [6.07, 6.45) is 7.70. The second-order valence-corrected chi connectivity index (χ2v) is 6.42. The Morgan fingerprint density at radius 3 is 2.69 bits per heavy atom. The van der Waals surface area contributed by atoms with E-state index in [0.29, 0.717) is 12.2 Å². The summed E-state index contributed by atoms with van der Waals surface area (Å²) in [6.45, 7) is 0.490. The van der Waals surface area contributed by atoms with Crippen LogP contribution in [0, 0.1) is 0 Å². The summed E-state index contributed by atoms with van der Waals surface area (Å²) in [5.74, 6) is 1.46. The van der Waals surface area contributed by atoms with E-state index in [1.807, 2.05) is 35.2 Å². The number of anilines is 1. The summed E-state index contributed by atoms with van der Waals surface area (Å²) in [4.78, 5) is 18.9. The van der Waals surface area contributed by atoms with Gasteiger partial charge in [0.1, 0.15) is 11.5 Å².